The highest BCUT2D eigenvalue weighted by molar-refractivity contribution is 14.0. The van der Waals surface area contributed by atoms with E-state index < -0.39 is 0 Å². The lowest BCUT2D eigenvalue weighted by Gasteiger charge is -2.13. The third kappa shape index (κ3) is 7.27. The quantitative estimate of drug-likeness (QED) is 0.334. The summed E-state index contributed by atoms with van der Waals surface area (Å²) in [6, 6.07) is 15.5. The van der Waals surface area contributed by atoms with Crippen molar-refractivity contribution in [3.05, 3.63) is 59.2 Å². The van der Waals surface area contributed by atoms with Crippen LogP contribution < -0.4 is 20.1 Å². The van der Waals surface area contributed by atoms with Crippen molar-refractivity contribution < 1.29 is 9.47 Å². The first-order valence-electron chi connectivity index (χ1n) is 8.92. The van der Waals surface area contributed by atoms with E-state index in [1.54, 1.807) is 14.2 Å². The van der Waals surface area contributed by atoms with Crippen molar-refractivity contribution in [1.29, 1.82) is 5.26 Å². The average molecular weight is 494 g/mol. The topological polar surface area (TPSA) is 78.7 Å². The molecule has 0 amide bonds. The summed E-state index contributed by atoms with van der Waals surface area (Å²) in [7, 11) is 3.27. The monoisotopic (exact) mass is 494 g/mol. The lowest BCUT2D eigenvalue weighted by atomic mass is 10.1. The number of halogens is 1. The number of rotatable bonds is 8. The van der Waals surface area contributed by atoms with Crippen LogP contribution in [0.5, 0.6) is 11.5 Å². The van der Waals surface area contributed by atoms with Gasteiger partial charge in [0.1, 0.15) is 0 Å². The van der Waals surface area contributed by atoms with Gasteiger partial charge in [-0.1, -0.05) is 18.2 Å². The summed E-state index contributed by atoms with van der Waals surface area (Å²) < 4.78 is 10.6. The van der Waals surface area contributed by atoms with Crippen LogP contribution in [0.1, 0.15) is 23.6 Å². The van der Waals surface area contributed by atoms with Crippen LogP contribution in [0.4, 0.5) is 0 Å². The number of guanidine groups is 1. The maximum Gasteiger partial charge on any atom is 0.191 e. The number of hydrogen-bond donors (Lipinski definition) is 2. The zero-order valence-electron chi connectivity index (χ0n) is 16.5. The summed E-state index contributed by atoms with van der Waals surface area (Å²) in [5, 5.41) is 15.4. The summed E-state index contributed by atoms with van der Waals surface area (Å²) in [5.74, 6) is 2.23. The van der Waals surface area contributed by atoms with Crippen LogP contribution in [0.2, 0.25) is 0 Å². The molecule has 0 bridgehead atoms. The molecule has 0 atom stereocenters. The van der Waals surface area contributed by atoms with Crippen LogP contribution >= 0.6 is 24.0 Å². The van der Waals surface area contributed by atoms with Crippen LogP contribution in [0.15, 0.2) is 47.5 Å². The number of nitriles is 1. The van der Waals surface area contributed by atoms with Crippen molar-refractivity contribution in [2.75, 3.05) is 27.3 Å². The fraction of sp³-hybridized carbons (Fsp3) is 0.333. The molecule has 0 aromatic heterocycles. The van der Waals surface area contributed by atoms with Gasteiger partial charge in [0.2, 0.25) is 0 Å². The summed E-state index contributed by atoms with van der Waals surface area (Å²) in [5.41, 5.74) is 2.87. The Morgan fingerprint density at radius 1 is 1.00 bits per heavy atom. The van der Waals surface area contributed by atoms with Crippen molar-refractivity contribution in [2.45, 2.75) is 19.9 Å². The minimum atomic E-state index is 0. The number of hydrogen-bond acceptors (Lipinski definition) is 4. The number of nitrogens with zero attached hydrogens (tertiary/aromatic N) is 2. The SMILES string of the molecule is CCNC(=NCc1ccc(C#N)cc1)NCCc1ccc(OC)c(OC)c1.I. The Morgan fingerprint density at radius 3 is 2.29 bits per heavy atom. The Morgan fingerprint density at radius 2 is 1.68 bits per heavy atom. The van der Waals surface area contributed by atoms with Crippen molar-refractivity contribution >= 4 is 29.9 Å². The summed E-state index contributed by atoms with van der Waals surface area (Å²) in [6.45, 7) is 4.12. The molecule has 7 heteroatoms. The van der Waals surface area contributed by atoms with E-state index in [1.807, 2.05) is 49.4 Å². The van der Waals surface area contributed by atoms with Crippen LogP contribution in [0.25, 0.3) is 0 Å². The minimum absolute atomic E-state index is 0. The van der Waals surface area contributed by atoms with E-state index in [1.165, 1.54) is 0 Å². The molecule has 2 aromatic carbocycles. The fourth-order valence-corrected chi connectivity index (χ4v) is 2.56. The summed E-state index contributed by atoms with van der Waals surface area (Å²) >= 11 is 0. The van der Waals surface area contributed by atoms with E-state index in [2.05, 4.69) is 21.7 Å². The van der Waals surface area contributed by atoms with Crippen LogP contribution in [0, 0.1) is 11.3 Å². The molecule has 28 heavy (non-hydrogen) atoms. The first-order valence-corrected chi connectivity index (χ1v) is 8.92. The molecule has 0 aliphatic carbocycles. The number of benzene rings is 2. The Balaban J connectivity index is 0.00000392. The smallest absolute Gasteiger partial charge is 0.191 e. The molecule has 0 unspecified atom stereocenters. The van der Waals surface area contributed by atoms with E-state index in [-0.39, 0.29) is 24.0 Å². The van der Waals surface area contributed by atoms with E-state index in [0.29, 0.717) is 12.1 Å². The van der Waals surface area contributed by atoms with Crippen LogP contribution in [-0.4, -0.2) is 33.3 Å². The van der Waals surface area contributed by atoms with Gasteiger partial charge in [-0.3, -0.25) is 0 Å². The second-order valence-electron chi connectivity index (χ2n) is 5.87. The molecule has 0 saturated carbocycles. The van der Waals surface area contributed by atoms with Gasteiger partial charge in [0, 0.05) is 13.1 Å². The molecule has 0 saturated heterocycles. The molecule has 0 heterocycles. The molecule has 0 spiro atoms. The Bertz CT molecular complexity index is 801. The number of methoxy groups -OCH3 is 2. The lowest BCUT2D eigenvalue weighted by molar-refractivity contribution is 0.354. The Kier molecular flexibility index (Phi) is 10.8. The fourth-order valence-electron chi connectivity index (χ4n) is 2.56. The van der Waals surface area contributed by atoms with Gasteiger partial charge in [-0.05, 0) is 48.7 Å². The second-order valence-corrected chi connectivity index (χ2v) is 5.87. The Labute approximate surface area is 184 Å². The normalized spacial score (nSPS) is 10.4. The molecule has 0 fully saturated rings. The van der Waals surface area contributed by atoms with Gasteiger partial charge in [0.25, 0.3) is 0 Å². The van der Waals surface area contributed by atoms with Gasteiger partial charge < -0.3 is 20.1 Å². The zero-order chi connectivity index (χ0) is 19.5. The van der Waals surface area contributed by atoms with E-state index in [4.69, 9.17) is 14.7 Å². The molecule has 0 aliphatic heterocycles. The number of nitrogens with one attached hydrogen (secondary N) is 2. The van der Waals surface area contributed by atoms with Gasteiger partial charge in [0.05, 0.1) is 32.4 Å². The van der Waals surface area contributed by atoms with Crippen molar-refractivity contribution in [3.63, 3.8) is 0 Å². The van der Waals surface area contributed by atoms with Crippen LogP contribution in [-0.2, 0) is 13.0 Å². The van der Waals surface area contributed by atoms with Gasteiger partial charge in [-0.15, -0.1) is 24.0 Å². The predicted molar refractivity (Wildman–Crippen MR) is 123 cm³/mol. The van der Waals surface area contributed by atoms with Gasteiger partial charge in [-0.2, -0.15) is 5.26 Å². The van der Waals surface area contributed by atoms with E-state index >= 15 is 0 Å². The molecule has 2 N–H and O–H groups in total. The minimum Gasteiger partial charge on any atom is -0.493 e. The molecular weight excluding hydrogens is 467 g/mol. The maximum atomic E-state index is 8.86. The van der Waals surface area contributed by atoms with Crippen LogP contribution in [0.3, 0.4) is 0 Å². The number of ether oxygens (including phenoxy) is 2. The van der Waals surface area contributed by atoms with Crippen molar-refractivity contribution in [1.82, 2.24) is 10.6 Å². The standard InChI is InChI=1S/C21H26N4O2.HI/c1-4-23-21(25-15-18-7-5-17(14-22)6-8-18)24-12-11-16-9-10-19(26-2)20(13-16)27-3;/h5-10,13H,4,11-12,15H2,1-3H3,(H2,23,24,25);1H. The van der Waals surface area contributed by atoms with Gasteiger partial charge >= 0.3 is 0 Å². The first-order chi connectivity index (χ1) is 13.2. The van der Waals surface area contributed by atoms with Gasteiger partial charge in [0.15, 0.2) is 17.5 Å². The molecule has 2 rings (SSSR count). The summed E-state index contributed by atoms with van der Waals surface area (Å²) in [4.78, 5) is 4.60. The van der Waals surface area contributed by atoms with E-state index in [0.717, 1.165) is 48.1 Å². The first kappa shape index (κ1) is 23.6. The molecule has 150 valence electrons. The lowest BCUT2D eigenvalue weighted by Crippen LogP contribution is -2.38. The molecular formula is C21H27IN4O2. The molecule has 6 nitrogen and oxygen atoms in total. The number of aliphatic imine (C=N–C) groups is 1. The van der Waals surface area contributed by atoms with Crippen molar-refractivity contribution in [3.8, 4) is 17.6 Å². The van der Waals surface area contributed by atoms with Crippen molar-refractivity contribution in [2.24, 2.45) is 4.99 Å². The zero-order valence-corrected chi connectivity index (χ0v) is 18.8. The third-order valence-electron chi connectivity index (χ3n) is 4.00. The molecule has 0 radical (unpaired) electrons. The predicted octanol–water partition coefficient (Wildman–Crippen LogP) is 3.49. The van der Waals surface area contributed by atoms with E-state index in [9.17, 15) is 0 Å². The Hall–Kier alpha value is -2.47. The highest BCUT2D eigenvalue weighted by Gasteiger charge is 2.05. The maximum absolute atomic E-state index is 8.86. The average Bonchev–Trinajstić information content (AvgIpc) is 2.72. The third-order valence-corrected chi connectivity index (χ3v) is 4.00. The highest BCUT2D eigenvalue weighted by atomic mass is 127. The molecule has 0 aliphatic rings. The molecule has 2 aromatic rings. The van der Waals surface area contributed by atoms with Gasteiger partial charge in [-0.25, -0.2) is 4.99 Å². The second kappa shape index (κ2) is 12.8. The highest BCUT2D eigenvalue weighted by Crippen LogP contribution is 2.27. The summed E-state index contributed by atoms with van der Waals surface area (Å²) in [6.07, 6.45) is 0.835. The largest absolute Gasteiger partial charge is 0.493 e.